The Morgan fingerprint density at radius 2 is 1.83 bits per heavy atom. The van der Waals surface area contributed by atoms with Gasteiger partial charge in [-0.15, -0.1) is 0 Å². The average molecular weight is 400 g/mol. The van der Waals surface area contributed by atoms with Gasteiger partial charge in [0.05, 0.1) is 12.5 Å². The Labute approximate surface area is 173 Å². The molecule has 29 heavy (non-hydrogen) atoms. The van der Waals surface area contributed by atoms with Gasteiger partial charge in [-0.1, -0.05) is 43.5 Å². The van der Waals surface area contributed by atoms with E-state index in [0.29, 0.717) is 25.3 Å². The number of carbonyl (C=O) groups is 3. The molecule has 1 aliphatic carbocycles. The highest BCUT2D eigenvalue weighted by Crippen LogP contribution is 2.33. The number of piperidine rings is 1. The molecule has 158 valence electrons. The Bertz CT molecular complexity index is 708. The molecule has 1 unspecified atom stereocenters. The summed E-state index contributed by atoms with van der Waals surface area (Å²) in [5, 5.41) is 0. The SMILES string of the molecule is CCOC(=O)C1CCCN(C(=O)CCC(=O)c2ccc(CCCC3CC3)cc2)C1. The molecule has 0 radical (unpaired) electrons. The van der Waals surface area contributed by atoms with E-state index in [2.05, 4.69) is 0 Å². The zero-order chi connectivity index (χ0) is 20.6. The lowest BCUT2D eigenvalue weighted by Crippen LogP contribution is -2.42. The molecule has 0 spiro atoms. The third kappa shape index (κ3) is 6.69. The van der Waals surface area contributed by atoms with E-state index in [-0.39, 0.29) is 36.4 Å². The van der Waals surface area contributed by atoms with Crippen LogP contribution in [0.15, 0.2) is 24.3 Å². The molecule has 5 nitrogen and oxygen atoms in total. The number of hydrogen-bond donors (Lipinski definition) is 0. The highest BCUT2D eigenvalue weighted by molar-refractivity contribution is 5.98. The first-order valence-electron chi connectivity index (χ1n) is 11.1. The number of nitrogens with zero attached hydrogens (tertiary/aromatic N) is 1. The zero-order valence-corrected chi connectivity index (χ0v) is 17.5. The Kier molecular flexibility index (Phi) is 7.84. The number of hydrogen-bond acceptors (Lipinski definition) is 4. The lowest BCUT2D eigenvalue weighted by atomic mass is 9.97. The van der Waals surface area contributed by atoms with Gasteiger partial charge in [0.25, 0.3) is 0 Å². The lowest BCUT2D eigenvalue weighted by molar-refractivity contribution is -0.151. The fraction of sp³-hybridized carbons (Fsp3) is 0.625. The molecule has 2 fully saturated rings. The number of benzene rings is 1. The van der Waals surface area contributed by atoms with Crippen LogP contribution < -0.4 is 0 Å². The van der Waals surface area contributed by atoms with E-state index in [1.54, 1.807) is 11.8 Å². The van der Waals surface area contributed by atoms with Crippen molar-refractivity contribution in [2.75, 3.05) is 19.7 Å². The number of ether oxygens (including phenoxy) is 1. The Morgan fingerprint density at radius 1 is 1.07 bits per heavy atom. The molecule has 0 N–H and O–H groups in total. The van der Waals surface area contributed by atoms with E-state index in [1.807, 2.05) is 24.3 Å². The maximum Gasteiger partial charge on any atom is 0.310 e. The van der Waals surface area contributed by atoms with Gasteiger partial charge >= 0.3 is 5.97 Å². The van der Waals surface area contributed by atoms with Gasteiger partial charge in [-0.2, -0.15) is 0 Å². The van der Waals surface area contributed by atoms with Crippen LogP contribution in [0.1, 0.15) is 74.2 Å². The summed E-state index contributed by atoms with van der Waals surface area (Å²) in [6, 6.07) is 7.85. The van der Waals surface area contributed by atoms with Crippen LogP contribution in [0.3, 0.4) is 0 Å². The lowest BCUT2D eigenvalue weighted by Gasteiger charge is -2.31. The van der Waals surface area contributed by atoms with Crippen molar-refractivity contribution < 1.29 is 19.1 Å². The van der Waals surface area contributed by atoms with E-state index < -0.39 is 0 Å². The number of amides is 1. The summed E-state index contributed by atoms with van der Waals surface area (Å²) in [6.45, 7) is 3.20. The highest BCUT2D eigenvalue weighted by Gasteiger charge is 2.29. The second-order valence-corrected chi connectivity index (χ2v) is 8.39. The molecule has 3 rings (SSSR count). The monoisotopic (exact) mass is 399 g/mol. The third-order valence-electron chi connectivity index (χ3n) is 6.01. The van der Waals surface area contributed by atoms with E-state index >= 15 is 0 Å². The zero-order valence-electron chi connectivity index (χ0n) is 17.5. The number of ketones is 1. The van der Waals surface area contributed by atoms with Crippen LogP contribution in [0.25, 0.3) is 0 Å². The molecule has 1 saturated carbocycles. The second-order valence-electron chi connectivity index (χ2n) is 8.39. The largest absolute Gasteiger partial charge is 0.466 e. The van der Waals surface area contributed by atoms with Gasteiger partial charge in [-0.3, -0.25) is 14.4 Å². The van der Waals surface area contributed by atoms with Crippen LogP contribution in [0, 0.1) is 11.8 Å². The first-order valence-corrected chi connectivity index (χ1v) is 11.1. The van der Waals surface area contributed by atoms with Crippen molar-refractivity contribution in [3.05, 3.63) is 35.4 Å². The van der Waals surface area contributed by atoms with Crippen molar-refractivity contribution in [2.45, 2.75) is 64.7 Å². The topological polar surface area (TPSA) is 63.7 Å². The van der Waals surface area contributed by atoms with E-state index in [9.17, 15) is 14.4 Å². The smallest absolute Gasteiger partial charge is 0.310 e. The quantitative estimate of drug-likeness (QED) is 0.437. The summed E-state index contributed by atoms with van der Waals surface area (Å²) in [5.41, 5.74) is 1.95. The van der Waals surface area contributed by atoms with Gasteiger partial charge in [0.1, 0.15) is 0 Å². The van der Waals surface area contributed by atoms with Gasteiger partial charge in [-0.05, 0) is 44.1 Å². The van der Waals surface area contributed by atoms with Crippen LogP contribution in [0.2, 0.25) is 0 Å². The van der Waals surface area contributed by atoms with Gasteiger partial charge in [0.15, 0.2) is 5.78 Å². The van der Waals surface area contributed by atoms with Crippen LogP contribution in [-0.4, -0.2) is 42.3 Å². The molecule has 1 amide bonds. The van der Waals surface area contributed by atoms with Crippen molar-refractivity contribution in [3.63, 3.8) is 0 Å². The Hall–Kier alpha value is -2.17. The molecule has 2 aliphatic rings. The number of likely N-dealkylation sites (tertiary alicyclic amines) is 1. The summed E-state index contributed by atoms with van der Waals surface area (Å²) in [4.78, 5) is 38.6. The first-order chi connectivity index (χ1) is 14.1. The summed E-state index contributed by atoms with van der Waals surface area (Å²) in [5.74, 6) is 0.445. The molecule has 1 aromatic carbocycles. The van der Waals surface area contributed by atoms with E-state index in [0.717, 1.165) is 25.2 Å². The number of carbonyl (C=O) groups excluding carboxylic acids is 3. The first kappa shape index (κ1) is 21.5. The van der Waals surface area contributed by atoms with Crippen LogP contribution in [0.5, 0.6) is 0 Å². The standard InChI is InChI=1S/C24H33NO4/c1-2-29-24(28)21-7-4-16-25(17-21)23(27)15-14-22(26)20-12-10-19(11-13-20)6-3-5-18-8-9-18/h10-13,18,21H,2-9,14-17H2,1H3. The van der Waals surface area contributed by atoms with Crippen LogP contribution >= 0.6 is 0 Å². The molecule has 0 aromatic heterocycles. The minimum Gasteiger partial charge on any atom is -0.466 e. The minimum absolute atomic E-state index is 0.00170. The molecule has 1 saturated heterocycles. The van der Waals surface area contributed by atoms with Gasteiger partial charge in [0.2, 0.25) is 5.91 Å². The molecule has 1 heterocycles. The summed E-state index contributed by atoms with van der Waals surface area (Å²) in [7, 11) is 0. The Balaban J connectivity index is 1.41. The second kappa shape index (κ2) is 10.6. The maximum atomic E-state index is 12.5. The third-order valence-corrected chi connectivity index (χ3v) is 6.01. The average Bonchev–Trinajstić information content (AvgIpc) is 3.57. The maximum absolute atomic E-state index is 12.5. The van der Waals surface area contributed by atoms with Crippen molar-refractivity contribution in [1.82, 2.24) is 4.90 Å². The van der Waals surface area contributed by atoms with Gasteiger partial charge < -0.3 is 9.64 Å². The fourth-order valence-corrected chi connectivity index (χ4v) is 4.04. The number of aryl methyl sites for hydroxylation is 1. The number of esters is 1. The van der Waals surface area contributed by atoms with E-state index in [4.69, 9.17) is 4.74 Å². The van der Waals surface area contributed by atoms with Crippen molar-refractivity contribution in [3.8, 4) is 0 Å². The van der Waals surface area contributed by atoms with Crippen molar-refractivity contribution >= 4 is 17.7 Å². The molecule has 0 bridgehead atoms. The van der Waals surface area contributed by atoms with Crippen molar-refractivity contribution in [1.29, 1.82) is 0 Å². The minimum atomic E-state index is -0.240. The predicted molar refractivity (Wildman–Crippen MR) is 112 cm³/mol. The normalized spacial score (nSPS) is 19.1. The summed E-state index contributed by atoms with van der Waals surface area (Å²) >= 11 is 0. The number of Topliss-reactive ketones (excluding diaryl/α,β-unsaturated/α-hetero) is 1. The molecule has 1 atom stereocenters. The molecule has 1 aliphatic heterocycles. The fourth-order valence-electron chi connectivity index (χ4n) is 4.04. The summed E-state index contributed by atoms with van der Waals surface area (Å²) < 4.78 is 5.08. The highest BCUT2D eigenvalue weighted by atomic mass is 16.5. The van der Waals surface area contributed by atoms with Crippen LogP contribution in [0.4, 0.5) is 0 Å². The van der Waals surface area contributed by atoms with Crippen molar-refractivity contribution in [2.24, 2.45) is 11.8 Å². The Morgan fingerprint density at radius 3 is 2.52 bits per heavy atom. The molecular weight excluding hydrogens is 366 g/mol. The van der Waals surface area contributed by atoms with Crippen LogP contribution in [-0.2, 0) is 20.7 Å². The molecular formula is C24H33NO4. The van der Waals surface area contributed by atoms with Gasteiger partial charge in [-0.25, -0.2) is 0 Å². The van der Waals surface area contributed by atoms with E-state index in [1.165, 1.54) is 31.2 Å². The van der Waals surface area contributed by atoms with Gasteiger partial charge in [0, 0.05) is 31.5 Å². The predicted octanol–water partition coefficient (Wildman–Crippen LogP) is 4.18. The number of rotatable bonds is 10. The molecule has 1 aromatic rings. The summed E-state index contributed by atoms with van der Waals surface area (Å²) in [6.07, 6.45) is 8.35. The molecule has 5 heteroatoms.